The molecule has 1 aromatic rings. The van der Waals surface area contributed by atoms with Crippen LogP contribution in [0.2, 0.25) is 5.02 Å². The van der Waals surface area contributed by atoms with Crippen LogP contribution in [-0.4, -0.2) is 28.5 Å². The van der Waals surface area contributed by atoms with Crippen molar-refractivity contribution < 1.29 is 14.7 Å². The van der Waals surface area contributed by atoms with Gasteiger partial charge in [-0.3, -0.25) is 14.6 Å². The zero-order valence-electron chi connectivity index (χ0n) is 8.61. The molecule has 0 aliphatic carbocycles. The van der Waals surface area contributed by atoms with Gasteiger partial charge in [-0.1, -0.05) is 18.5 Å². The Hall–Kier alpha value is -1.62. The van der Waals surface area contributed by atoms with E-state index in [-0.39, 0.29) is 12.2 Å². The molecule has 1 heterocycles. The third kappa shape index (κ3) is 3.51. The quantitative estimate of drug-likeness (QED) is 0.831. The molecule has 0 radical (unpaired) electrons. The number of carboxylic acids is 1. The summed E-state index contributed by atoms with van der Waals surface area (Å²) in [6.45, 7) is 1.57. The number of pyridine rings is 1. The zero-order valence-corrected chi connectivity index (χ0v) is 9.36. The van der Waals surface area contributed by atoms with Crippen LogP contribution in [0.1, 0.15) is 17.4 Å². The Morgan fingerprint density at radius 2 is 2.31 bits per heavy atom. The molecule has 0 fully saturated rings. The summed E-state index contributed by atoms with van der Waals surface area (Å²) in [6, 6.07) is 2.97. The fourth-order valence-corrected chi connectivity index (χ4v) is 1.11. The van der Waals surface area contributed by atoms with Crippen molar-refractivity contribution in [1.82, 2.24) is 10.3 Å². The number of aromatic nitrogens is 1. The summed E-state index contributed by atoms with van der Waals surface area (Å²) in [7, 11) is 0. The van der Waals surface area contributed by atoms with Crippen LogP contribution in [0.3, 0.4) is 0 Å². The van der Waals surface area contributed by atoms with Gasteiger partial charge in [0.25, 0.3) is 5.91 Å². The lowest BCUT2D eigenvalue weighted by Gasteiger charge is -2.07. The maximum atomic E-state index is 11.5. The Balaban J connectivity index is 2.56. The SMILES string of the molecule is CC(CNC(=O)c1cc(Cl)ccn1)C(=O)O. The van der Waals surface area contributed by atoms with Crippen LogP contribution in [0.25, 0.3) is 0 Å². The van der Waals surface area contributed by atoms with Gasteiger partial charge in [0.05, 0.1) is 5.92 Å². The molecule has 1 amide bonds. The smallest absolute Gasteiger partial charge is 0.308 e. The minimum Gasteiger partial charge on any atom is -0.481 e. The zero-order chi connectivity index (χ0) is 12.1. The van der Waals surface area contributed by atoms with Gasteiger partial charge in [0.1, 0.15) is 5.69 Å². The molecule has 0 aliphatic heterocycles. The number of halogens is 1. The third-order valence-electron chi connectivity index (χ3n) is 1.94. The summed E-state index contributed by atoms with van der Waals surface area (Å²) < 4.78 is 0. The number of rotatable bonds is 4. The lowest BCUT2D eigenvalue weighted by molar-refractivity contribution is -0.140. The molecule has 16 heavy (non-hydrogen) atoms. The number of carbonyl (C=O) groups is 2. The van der Waals surface area contributed by atoms with Gasteiger partial charge in [0.2, 0.25) is 0 Å². The molecule has 1 rings (SSSR count). The van der Waals surface area contributed by atoms with Crippen LogP contribution < -0.4 is 5.32 Å². The van der Waals surface area contributed by atoms with Gasteiger partial charge in [-0.05, 0) is 12.1 Å². The van der Waals surface area contributed by atoms with Crippen LogP contribution in [0.5, 0.6) is 0 Å². The maximum Gasteiger partial charge on any atom is 0.308 e. The molecule has 6 heteroatoms. The summed E-state index contributed by atoms with van der Waals surface area (Å²) >= 11 is 5.69. The highest BCUT2D eigenvalue weighted by Gasteiger charge is 2.13. The molecule has 0 aromatic carbocycles. The van der Waals surface area contributed by atoms with Crippen molar-refractivity contribution >= 4 is 23.5 Å². The first-order valence-corrected chi connectivity index (χ1v) is 5.01. The molecular formula is C10H11ClN2O3. The number of amides is 1. The Kier molecular flexibility index (Phi) is 4.25. The fourth-order valence-electron chi connectivity index (χ4n) is 0.953. The average molecular weight is 243 g/mol. The lowest BCUT2D eigenvalue weighted by Crippen LogP contribution is -2.31. The standard InChI is InChI=1S/C10H11ClN2O3/c1-6(10(15)16)5-13-9(14)8-4-7(11)2-3-12-8/h2-4,6H,5H2,1H3,(H,13,14)(H,15,16). The highest BCUT2D eigenvalue weighted by Crippen LogP contribution is 2.07. The number of carbonyl (C=O) groups excluding carboxylic acids is 1. The van der Waals surface area contributed by atoms with E-state index >= 15 is 0 Å². The maximum absolute atomic E-state index is 11.5. The highest BCUT2D eigenvalue weighted by atomic mass is 35.5. The first-order chi connectivity index (χ1) is 7.50. The van der Waals surface area contributed by atoms with Gasteiger partial charge in [-0.2, -0.15) is 0 Å². The van der Waals surface area contributed by atoms with E-state index in [1.54, 1.807) is 6.07 Å². The normalized spacial score (nSPS) is 11.9. The van der Waals surface area contributed by atoms with Crippen LogP contribution >= 0.6 is 11.6 Å². The van der Waals surface area contributed by atoms with Gasteiger partial charge >= 0.3 is 5.97 Å². The molecular weight excluding hydrogens is 232 g/mol. The second-order valence-electron chi connectivity index (χ2n) is 3.31. The predicted molar refractivity (Wildman–Crippen MR) is 58.4 cm³/mol. The van der Waals surface area contributed by atoms with Crippen molar-refractivity contribution in [1.29, 1.82) is 0 Å². The number of aliphatic carboxylic acids is 1. The third-order valence-corrected chi connectivity index (χ3v) is 2.18. The topological polar surface area (TPSA) is 79.3 Å². The summed E-state index contributed by atoms with van der Waals surface area (Å²) in [5.41, 5.74) is 0.171. The van der Waals surface area contributed by atoms with Crippen molar-refractivity contribution in [2.45, 2.75) is 6.92 Å². The molecule has 0 bridgehead atoms. The number of nitrogens with one attached hydrogen (secondary N) is 1. The van der Waals surface area contributed by atoms with Crippen molar-refractivity contribution in [3.63, 3.8) is 0 Å². The van der Waals surface area contributed by atoms with Crippen LogP contribution in [0.4, 0.5) is 0 Å². The van der Waals surface area contributed by atoms with Crippen molar-refractivity contribution in [3.05, 3.63) is 29.0 Å². The van der Waals surface area contributed by atoms with Gasteiger partial charge in [-0.25, -0.2) is 0 Å². The van der Waals surface area contributed by atoms with Gasteiger partial charge in [0, 0.05) is 17.8 Å². The first kappa shape index (κ1) is 12.4. The largest absolute Gasteiger partial charge is 0.481 e. The van der Waals surface area contributed by atoms with E-state index in [2.05, 4.69) is 10.3 Å². The average Bonchev–Trinajstić information content (AvgIpc) is 2.25. The van der Waals surface area contributed by atoms with Crippen LogP contribution in [-0.2, 0) is 4.79 Å². The van der Waals surface area contributed by atoms with Crippen molar-refractivity contribution in [3.8, 4) is 0 Å². The molecule has 0 spiro atoms. The summed E-state index contributed by atoms with van der Waals surface area (Å²) in [6.07, 6.45) is 1.41. The Bertz CT molecular complexity index is 409. The van der Waals surface area contributed by atoms with Crippen molar-refractivity contribution in [2.75, 3.05) is 6.54 Å². The fraction of sp³-hybridized carbons (Fsp3) is 0.300. The molecule has 1 aromatic heterocycles. The Labute approximate surface area is 97.4 Å². The number of hydrogen-bond donors (Lipinski definition) is 2. The predicted octanol–water partition coefficient (Wildman–Crippen LogP) is 1.19. The molecule has 0 aliphatic rings. The molecule has 0 saturated carbocycles. The van der Waals surface area contributed by atoms with Crippen LogP contribution in [0.15, 0.2) is 18.3 Å². The number of carboxylic acid groups (broad SMARTS) is 1. The minimum atomic E-state index is -0.959. The monoisotopic (exact) mass is 242 g/mol. The van der Waals surface area contributed by atoms with Crippen molar-refractivity contribution in [2.24, 2.45) is 5.92 Å². The minimum absolute atomic E-state index is 0.0579. The first-order valence-electron chi connectivity index (χ1n) is 4.63. The summed E-state index contributed by atoms with van der Waals surface area (Å²) in [5.74, 6) is -2.03. The Morgan fingerprint density at radius 1 is 1.62 bits per heavy atom. The van der Waals surface area contributed by atoms with E-state index in [9.17, 15) is 9.59 Å². The summed E-state index contributed by atoms with van der Waals surface area (Å²) in [4.78, 5) is 25.8. The number of hydrogen-bond acceptors (Lipinski definition) is 3. The highest BCUT2D eigenvalue weighted by molar-refractivity contribution is 6.30. The second kappa shape index (κ2) is 5.46. The molecule has 1 unspecified atom stereocenters. The van der Waals surface area contributed by atoms with E-state index in [0.29, 0.717) is 5.02 Å². The van der Waals surface area contributed by atoms with Gasteiger partial charge < -0.3 is 10.4 Å². The second-order valence-corrected chi connectivity index (χ2v) is 3.75. The van der Waals surface area contributed by atoms with E-state index in [1.807, 2.05) is 0 Å². The molecule has 0 saturated heterocycles. The molecule has 2 N–H and O–H groups in total. The Morgan fingerprint density at radius 3 is 2.88 bits per heavy atom. The molecule has 5 nitrogen and oxygen atoms in total. The summed E-state index contributed by atoms with van der Waals surface area (Å²) in [5, 5.41) is 11.5. The van der Waals surface area contributed by atoms with Gasteiger partial charge in [0.15, 0.2) is 0 Å². The molecule has 86 valence electrons. The van der Waals surface area contributed by atoms with Gasteiger partial charge in [-0.15, -0.1) is 0 Å². The van der Waals surface area contributed by atoms with E-state index in [1.165, 1.54) is 19.2 Å². The lowest BCUT2D eigenvalue weighted by atomic mass is 10.2. The van der Waals surface area contributed by atoms with Crippen LogP contribution in [0, 0.1) is 5.92 Å². The molecule has 1 atom stereocenters. The van der Waals surface area contributed by atoms with E-state index < -0.39 is 17.8 Å². The van der Waals surface area contributed by atoms with E-state index in [0.717, 1.165) is 0 Å². The van der Waals surface area contributed by atoms with E-state index in [4.69, 9.17) is 16.7 Å². The number of nitrogens with zero attached hydrogens (tertiary/aromatic N) is 1.